The predicted molar refractivity (Wildman–Crippen MR) is 94.6 cm³/mol. The molecular formula is C19H16N4O2. The average molecular weight is 332 g/mol. The summed E-state index contributed by atoms with van der Waals surface area (Å²) in [7, 11) is 0. The number of nitrogens with zero attached hydrogens (tertiary/aromatic N) is 3. The molecule has 0 bridgehead atoms. The SMILES string of the molecule is Cc1cc(C(=O)Nc2ccc(-c3cn4cccnc4n3)cc2)c(C)o1. The number of furan rings is 1. The van der Waals surface area contributed by atoms with Gasteiger partial charge in [0.15, 0.2) is 0 Å². The molecule has 1 aromatic carbocycles. The van der Waals surface area contributed by atoms with Gasteiger partial charge in [-0.2, -0.15) is 0 Å². The first kappa shape index (κ1) is 15.1. The molecule has 0 aliphatic rings. The van der Waals surface area contributed by atoms with E-state index in [1.54, 1.807) is 19.2 Å². The maximum absolute atomic E-state index is 12.3. The van der Waals surface area contributed by atoms with Crippen molar-refractivity contribution in [2.24, 2.45) is 0 Å². The molecule has 25 heavy (non-hydrogen) atoms. The third kappa shape index (κ3) is 2.89. The Morgan fingerprint density at radius 3 is 2.68 bits per heavy atom. The van der Waals surface area contributed by atoms with Gasteiger partial charge in [-0.25, -0.2) is 9.97 Å². The van der Waals surface area contributed by atoms with Crippen LogP contribution in [-0.2, 0) is 0 Å². The first-order valence-electron chi connectivity index (χ1n) is 7.89. The lowest BCUT2D eigenvalue weighted by Gasteiger charge is -2.05. The second-order valence-corrected chi connectivity index (χ2v) is 5.81. The third-order valence-electron chi connectivity index (χ3n) is 3.96. The zero-order valence-corrected chi connectivity index (χ0v) is 13.9. The molecule has 0 saturated heterocycles. The van der Waals surface area contributed by atoms with Crippen molar-refractivity contribution in [1.29, 1.82) is 0 Å². The molecule has 0 unspecified atom stereocenters. The minimum Gasteiger partial charge on any atom is -0.466 e. The number of carbonyl (C=O) groups excluding carboxylic acids is 1. The van der Waals surface area contributed by atoms with Gasteiger partial charge in [0.2, 0.25) is 5.78 Å². The minimum atomic E-state index is -0.181. The van der Waals surface area contributed by atoms with E-state index in [9.17, 15) is 4.79 Å². The van der Waals surface area contributed by atoms with E-state index in [2.05, 4.69) is 15.3 Å². The van der Waals surface area contributed by atoms with E-state index in [1.807, 2.05) is 54.0 Å². The molecule has 6 nitrogen and oxygen atoms in total. The third-order valence-corrected chi connectivity index (χ3v) is 3.96. The molecular weight excluding hydrogens is 316 g/mol. The van der Waals surface area contributed by atoms with Gasteiger partial charge in [-0.1, -0.05) is 12.1 Å². The van der Waals surface area contributed by atoms with Gasteiger partial charge in [-0.3, -0.25) is 9.20 Å². The van der Waals surface area contributed by atoms with E-state index in [0.717, 1.165) is 17.0 Å². The van der Waals surface area contributed by atoms with Gasteiger partial charge in [-0.05, 0) is 38.1 Å². The van der Waals surface area contributed by atoms with Crippen LogP contribution >= 0.6 is 0 Å². The molecule has 1 amide bonds. The first-order valence-corrected chi connectivity index (χ1v) is 7.89. The largest absolute Gasteiger partial charge is 0.466 e. The van der Waals surface area contributed by atoms with Crippen molar-refractivity contribution >= 4 is 17.4 Å². The molecule has 3 heterocycles. The number of anilines is 1. The smallest absolute Gasteiger partial charge is 0.259 e. The van der Waals surface area contributed by atoms with E-state index in [0.29, 0.717) is 22.8 Å². The standard InChI is InChI=1S/C19H16N4O2/c1-12-10-16(13(2)25-12)18(24)21-15-6-4-14(5-7-15)17-11-23-9-3-8-20-19(23)22-17/h3-11H,1-2H3,(H,21,24). The number of nitrogens with one attached hydrogen (secondary N) is 1. The number of amides is 1. The molecule has 0 saturated carbocycles. The number of aryl methyl sites for hydroxylation is 2. The summed E-state index contributed by atoms with van der Waals surface area (Å²) < 4.78 is 7.27. The molecule has 0 aliphatic carbocycles. The topological polar surface area (TPSA) is 72.4 Å². The Balaban J connectivity index is 1.55. The fourth-order valence-electron chi connectivity index (χ4n) is 2.75. The molecule has 4 aromatic rings. The fraction of sp³-hybridized carbons (Fsp3) is 0.105. The van der Waals surface area contributed by atoms with Crippen LogP contribution in [0.2, 0.25) is 0 Å². The maximum Gasteiger partial charge on any atom is 0.259 e. The lowest BCUT2D eigenvalue weighted by atomic mass is 10.1. The number of fused-ring (bicyclic) bond motifs is 1. The van der Waals surface area contributed by atoms with Crippen molar-refractivity contribution in [3.05, 3.63) is 72.1 Å². The molecule has 0 atom stereocenters. The molecule has 0 fully saturated rings. The number of hydrogen-bond acceptors (Lipinski definition) is 4. The van der Waals surface area contributed by atoms with Crippen molar-refractivity contribution in [3.8, 4) is 11.3 Å². The van der Waals surface area contributed by atoms with E-state index in [-0.39, 0.29) is 5.91 Å². The zero-order valence-electron chi connectivity index (χ0n) is 13.9. The van der Waals surface area contributed by atoms with Gasteiger partial charge in [0, 0.05) is 29.8 Å². The number of benzene rings is 1. The molecule has 0 radical (unpaired) electrons. The summed E-state index contributed by atoms with van der Waals surface area (Å²) in [6, 6.07) is 11.1. The lowest BCUT2D eigenvalue weighted by Crippen LogP contribution is -2.11. The number of imidazole rings is 1. The van der Waals surface area contributed by atoms with Crippen molar-refractivity contribution in [2.45, 2.75) is 13.8 Å². The highest BCUT2D eigenvalue weighted by Crippen LogP contribution is 2.22. The van der Waals surface area contributed by atoms with Crippen LogP contribution in [0, 0.1) is 13.8 Å². The van der Waals surface area contributed by atoms with E-state index < -0.39 is 0 Å². The van der Waals surface area contributed by atoms with Crippen LogP contribution in [0.25, 0.3) is 17.0 Å². The van der Waals surface area contributed by atoms with Crippen molar-refractivity contribution < 1.29 is 9.21 Å². The Morgan fingerprint density at radius 1 is 1.20 bits per heavy atom. The fourth-order valence-corrected chi connectivity index (χ4v) is 2.75. The summed E-state index contributed by atoms with van der Waals surface area (Å²) in [6.45, 7) is 3.60. The highest BCUT2D eigenvalue weighted by molar-refractivity contribution is 6.05. The maximum atomic E-state index is 12.3. The summed E-state index contributed by atoms with van der Waals surface area (Å²) in [6.07, 6.45) is 5.54. The first-order chi connectivity index (χ1) is 12.1. The van der Waals surface area contributed by atoms with Crippen LogP contribution in [-0.4, -0.2) is 20.3 Å². The Kier molecular flexibility index (Phi) is 3.57. The normalized spacial score (nSPS) is 11.0. The van der Waals surface area contributed by atoms with Gasteiger partial charge >= 0.3 is 0 Å². The summed E-state index contributed by atoms with van der Waals surface area (Å²) in [4.78, 5) is 21.0. The number of hydrogen-bond donors (Lipinski definition) is 1. The summed E-state index contributed by atoms with van der Waals surface area (Å²) >= 11 is 0. The molecule has 0 spiro atoms. The summed E-state index contributed by atoms with van der Waals surface area (Å²) in [5, 5.41) is 2.88. The minimum absolute atomic E-state index is 0.181. The highest BCUT2D eigenvalue weighted by Gasteiger charge is 2.13. The second-order valence-electron chi connectivity index (χ2n) is 5.81. The lowest BCUT2D eigenvalue weighted by molar-refractivity contribution is 0.102. The number of carbonyl (C=O) groups is 1. The van der Waals surface area contributed by atoms with Crippen LogP contribution in [0.1, 0.15) is 21.9 Å². The quantitative estimate of drug-likeness (QED) is 0.618. The summed E-state index contributed by atoms with van der Waals surface area (Å²) in [5.74, 6) is 1.81. The van der Waals surface area contributed by atoms with Crippen molar-refractivity contribution in [3.63, 3.8) is 0 Å². The molecule has 124 valence electrons. The Labute approximate surface area is 144 Å². The van der Waals surface area contributed by atoms with Gasteiger partial charge in [-0.15, -0.1) is 0 Å². The van der Waals surface area contributed by atoms with Gasteiger partial charge in [0.1, 0.15) is 11.5 Å². The van der Waals surface area contributed by atoms with E-state index in [4.69, 9.17) is 4.42 Å². The van der Waals surface area contributed by atoms with Gasteiger partial charge < -0.3 is 9.73 Å². The van der Waals surface area contributed by atoms with Crippen LogP contribution in [0.15, 0.2) is 59.4 Å². The van der Waals surface area contributed by atoms with Crippen LogP contribution < -0.4 is 5.32 Å². The summed E-state index contributed by atoms with van der Waals surface area (Å²) in [5.41, 5.74) is 3.05. The highest BCUT2D eigenvalue weighted by atomic mass is 16.3. The monoisotopic (exact) mass is 332 g/mol. The Morgan fingerprint density at radius 2 is 2.00 bits per heavy atom. The number of aromatic nitrogens is 3. The van der Waals surface area contributed by atoms with Gasteiger partial charge in [0.05, 0.1) is 11.3 Å². The molecule has 0 aliphatic heterocycles. The molecule has 6 heteroatoms. The van der Waals surface area contributed by atoms with E-state index >= 15 is 0 Å². The molecule has 1 N–H and O–H groups in total. The molecule has 3 aromatic heterocycles. The van der Waals surface area contributed by atoms with Crippen LogP contribution in [0.5, 0.6) is 0 Å². The average Bonchev–Trinajstić information content (AvgIpc) is 3.18. The van der Waals surface area contributed by atoms with Gasteiger partial charge in [0.25, 0.3) is 5.91 Å². The zero-order chi connectivity index (χ0) is 17.4. The number of rotatable bonds is 3. The second kappa shape index (κ2) is 5.90. The van der Waals surface area contributed by atoms with Crippen molar-refractivity contribution in [2.75, 3.05) is 5.32 Å². The Hall–Kier alpha value is -3.41. The van der Waals surface area contributed by atoms with Crippen LogP contribution in [0.3, 0.4) is 0 Å². The van der Waals surface area contributed by atoms with Crippen LogP contribution in [0.4, 0.5) is 5.69 Å². The Bertz CT molecular complexity index is 1030. The molecule has 4 rings (SSSR count). The van der Waals surface area contributed by atoms with Crippen molar-refractivity contribution in [1.82, 2.24) is 14.4 Å². The van der Waals surface area contributed by atoms with E-state index in [1.165, 1.54) is 0 Å². The predicted octanol–water partition coefficient (Wildman–Crippen LogP) is 3.86.